The molecule has 0 fully saturated rings. The number of furan rings is 1. The molecule has 0 aliphatic rings. The number of H-pyrrole nitrogens is 1. The van der Waals surface area contributed by atoms with Crippen LogP contribution in [0.25, 0.3) is 20.7 Å². The molecule has 0 spiro atoms. The Labute approximate surface area is 187 Å². The van der Waals surface area contributed by atoms with Gasteiger partial charge in [0.1, 0.15) is 16.4 Å². The van der Waals surface area contributed by atoms with Crippen molar-refractivity contribution in [1.29, 1.82) is 0 Å². The number of aromatic nitrogens is 2. The average molecular weight is 448 g/mol. The fourth-order valence-corrected chi connectivity index (χ4v) is 5.58. The molecule has 5 nitrogen and oxygen atoms in total. The van der Waals surface area contributed by atoms with Crippen molar-refractivity contribution in [1.82, 2.24) is 14.9 Å². The maximum absolute atomic E-state index is 12.8. The van der Waals surface area contributed by atoms with Gasteiger partial charge in [0, 0.05) is 21.2 Å². The molecular weight excluding hydrogens is 426 g/mol. The summed E-state index contributed by atoms with van der Waals surface area (Å²) in [5.41, 5.74) is 1.00. The first kappa shape index (κ1) is 19.9. The van der Waals surface area contributed by atoms with Crippen LogP contribution >= 0.6 is 22.7 Å². The Kier molecular flexibility index (Phi) is 5.55. The van der Waals surface area contributed by atoms with Crippen molar-refractivity contribution in [2.45, 2.75) is 26.6 Å². The second-order valence-corrected chi connectivity index (χ2v) is 9.85. The largest absolute Gasteiger partial charge is 0.468 e. The molecule has 0 aliphatic heterocycles. The smallest absolute Gasteiger partial charge is 0.259 e. The van der Waals surface area contributed by atoms with E-state index >= 15 is 0 Å². The Morgan fingerprint density at radius 1 is 1.00 bits per heavy atom. The number of aromatic amines is 1. The van der Waals surface area contributed by atoms with Crippen LogP contribution in [0, 0.1) is 6.92 Å². The Morgan fingerprint density at radius 3 is 2.61 bits per heavy atom. The van der Waals surface area contributed by atoms with Gasteiger partial charge >= 0.3 is 0 Å². The molecule has 0 bridgehead atoms. The Bertz CT molecular complexity index is 1350. The molecule has 0 saturated heterocycles. The van der Waals surface area contributed by atoms with Gasteiger partial charge in [-0.05, 0) is 42.8 Å². The SMILES string of the molecule is Cc1ccc(CN(Cc2nc3sc(-c4ccccc4)cc3c(=O)[nH]2)Cc2ccco2)s1. The molecule has 156 valence electrons. The number of hydrogen-bond acceptors (Lipinski definition) is 6. The molecule has 5 aromatic rings. The van der Waals surface area contributed by atoms with Crippen LogP contribution in [0.2, 0.25) is 0 Å². The normalized spacial score (nSPS) is 11.5. The lowest BCUT2D eigenvalue weighted by molar-refractivity contribution is 0.223. The summed E-state index contributed by atoms with van der Waals surface area (Å²) in [4.78, 5) is 27.2. The molecule has 5 rings (SSSR count). The van der Waals surface area contributed by atoms with E-state index in [1.54, 1.807) is 28.9 Å². The molecular formula is C24H21N3O2S2. The fraction of sp³-hybridized carbons (Fsp3) is 0.167. The number of nitrogens with one attached hydrogen (secondary N) is 1. The van der Waals surface area contributed by atoms with Gasteiger partial charge in [-0.1, -0.05) is 30.3 Å². The van der Waals surface area contributed by atoms with Gasteiger partial charge in [-0.25, -0.2) is 4.98 Å². The number of rotatable bonds is 7. The summed E-state index contributed by atoms with van der Waals surface area (Å²) in [5.74, 6) is 1.55. The van der Waals surface area contributed by atoms with Gasteiger partial charge in [0.15, 0.2) is 0 Å². The van der Waals surface area contributed by atoms with Crippen LogP contribution in [0.3, 0.4) is 0 Å². The van der Waals surface area contributed by atoms with E-state index in [4.69, 9.17) is 9.40 Å². The lowest BCUT2D eigenvalue weighted by Crippen LogP contribution is -2.24. The van der Waals surface area contributed by atoms with Crippen molar-refractivity contribution in [2.24, 2.45) is 0 Å². The number of benzene rings is 1. The van der Waals surface area contributed by atoms with E-state index < -0.39 is 0 Å². The minimum absolute atomic E-state index is 0.0941. The minimum atomic E-state index is -0.0941. The molecule has 0 saturated carbocycles. The van der Waals surface area contributed by atoms with Crippen LogP contribution < -0.4 is 5.56 Å². The van der Waals surface area contributed by atoms with Crippen LogP contribution in [0.1, 0.15) is 21.3 Å². The number of thiophene rings is 2. The summed E-state index contributed by atoms with van der Waals surface area (Å²) in [6, 6.07) is 20.2. The summed E-state index contributed by atoms with van der Waals surface area (Å²) in [6.07, 6.45) is 1.69. The number of fused-ring (bicyclic) bond motifs is 1. The van der Waals surface area contributed by atoms with Crippen molar-refractivity contribution in [2.75, 3.05) is 0 Å². The topological polar surface area (TPSA) is 62.1 Å². The van der Waals surface area contributed by atoms with Crippen LogP contribution in [0.15, 0.2) is 76.1 Å². The number of hydrogen-bond donors (Lipinski definition) is 1. The van der Waals surface area contributed by atoms with Crippen LogP contribution in [-0.4, -0.2) is 14.9 Å². The quantitative estimate of drug-likeness (QED) is 0.342. The molecule has 0 unspecified atom stereocenters. The van der Waals surface area contributed by atoms with Gasteiger partial charge in [-0.3, -0.25) is 9.69 Å². The summed E-state index contributed by atoms with van der Waals surface area (Å²) in [7, 11) is 0. The average Bonchev–Trinajstić information content (AvgIpc) is 3.50. The highest BCUT2D eigenvalue weighted by molar-refractivity contribution is 7.21. The molecule has 0 aliphatic carbocycles. The number of nitrogens with zero attached hydrogens (tertiary/aromatic N) is 2. The Morgan fingerprint density at radius 2 is 1.87 bits per heavy atom. The fourth-order valence-electron chi connectivity index (χ4n) is 3.59. The molecule has 4 heterocycles. The monoisotopic (exact) mass is 447 g/mol. The van der Waals surface area contributed by atoms with Crippen molar-refractivity contribution in [3.8, 4) is 10.4 Å². The predicted molar refractivity (Wildman–Crippen MR) is 126 cm³/mol. The summed E-state index contributed by atoms with van der Waals surface area (Å²) in [6.45, 7) is 4.05. The van der Waals surface area contributed by atoms with Gasteiger partial charge in [0.25, 0.3) is 5.56 Å². The lowest BCUT2D eigenvalue weighted by atomic mass is 10.2. The highest BCUT2D eigenvalue weighted by Crippen LogP contribution is 2.31. The lowest BCUT2D eigenvalue weighted by Gasteiger charge is -2.20. The molecule has 7 heteroatoms. The van der Waals surface area contributed by atoms with E-state index in [9.17, 15) is 4.79 Å². The van der Waals surface area contributed by atoms with E-state index in [0.29, 0.717) is 24.3 Å². The van der Waals surface area contributed by atoms with E-state index in [-0.39, 0.29) is 5.56 Å². The van der Waals surface area contributed by atoms with Gasteiger partial charge in [-0.2, -0.15) is 0 Å². The third-order valence-electron chi connectivity index (χ3n) is 5.02. The third kappa shape index (κ3) is 4.54. The van der Waals surface area contributed by atoms with Gasteiger partial charge in [0.2, 0.25) is 0 Å². The molecule has 31 heavy (non-hydrogen) atoms. The summed E-state index contributed by atoms with van der Waals surface area (Å²) < 4.78 is 5.56. The van der Waals surface area contributed by atoms with E-state index in [1.165, 1.54) is 9.75 Å². The molecule has 0 amide bonds. The zero-order chi connectivity index (χ0) is 21.2. The summed E-state index contributed by atoms with van der Waals surface area (Å²) in [5, 5.41) is 0.638. The van der Waals surface area contributed by atoms with Gasteiger partial charge < -0.3 is 9.40 Å². The maximum atomic E-state index is 12.8. The van der Waals surface area contributed by atoms with Gasteiger partial charge in [0.05, 0.1) is 24.7 Å². The molecule has 4 aromatic heterocycles. The van der Waals surface area contributed by atoms with Crippen LogP contribution in [0.5, 0.6) is 0 Å². The second-order valence-electron chi connectivity index (χ2n) is 7.45. The highest BCUT2D eigenvalue weighted by Gasteiger charge is 2.15. The van der Waals surface area contributed by atoms with E-state index in [2.05, 4.69) is 28.9 Å². The van der Waals surface area contributed by atoms with Crippen molar-refractivity contribution < 1.29 is 4.42 Å². The third-order valence-corrected chi connectivity index (χ3v) is 7.08. The molecule has 1 N–H and O–H groups in total. The first-order valence-electron chi connectivity index (χ1n) is 10.0. The van der Waals surface area contributed by atoms with Gasteiger partial charge in [-0.15, -0.1) is 22.7 Å². The second kappa shape index (κ2) is 8.63. The number of aryl methyl sites for hydroxylation is 1. The standard InChI is InChI=1S/C24H21N3O2S2/c1-16-9-10-19(30-16)14-27(13-18-8-5-11-29-18)15-22-25-23(28)20-12-21(31-24(20)26-22)17-6-3-2-4-7-17/h2-12H,13-15H2,1H3,(H,25,26,28). The zero-order valence-corrected chi connectivity index (χ0v) is 18.6. The Hall–Kier alpha value is -3.00. The van der Waals surface area contributed by atoms with Crippen LogP contribution in [-0.2, 0) is 19.6 Å². The van der Waals surface area contributed by atoms with Crippen molar-refractivity contribution in [3.63, 3.8) is 0 Å². The van der Waals surface area contributed by atoms with Crippen molar-refractivity contribution >= 4 is 32.9 Å². The van der Waals surface area contributed by atoms with Crippen molar-refractivity contribution in [3.05, 3.63) is 98.6 Å². The minimum Gasteiger partial charge on any atom is -0.468 e. The molecule has 0 radical (unpaired) electrons. The molecule has 1 aromatic carbocycles. The zero-order valence-electron chi connectivity index (χ0n) is 17.0. The van der Waals surface area contributed by atoms with Crippen LogP contribution in [0.4, 0.5) is 0 Å². The molecule has 0 atom stereocenters. The maximum Gasteiger partial charge on any atom is 0.259 e. The Balaban J connectivity index is 1.45. The first-order chi connectivity index (χ1) is 15.1. The van der Waals surface area contributed by atoms with E-state index in [1.807, 2.05) is 48.5 Å². The highest BCUT2D eigenvalue weighted by atomic mass is 32.1. The first-order valence-corrected chi connectivity index (χ1v) is 11.7. The predicted octanol–water partition coefficient (Wildman–Crippen LogP) is 5.82. The summed E-state index contributed by atoms with van der Waals surface area (Å²) >= 11 is 3.34. The van der Waals surface area contributed by atoms with E-state index in [0.717, 1.165) is 27.6 Å².